The van der Waals surface area contributed by atoms with Crippen LogP contribution in [0.15, 0.2) is 0 Å². The highest BCUT2D eigenvalue weighted by Gasteiger charge is 2.37. The monoisotopic (exact) mass is 268 g/mol. The van der Waals surface area contributed by atoms with Crippen LogP contribution >= 0.6 is 0 Å². The van der Waals surface area contributed by atoms with Gasteiger partial charge in [0.15, 0.2) is 0 Å². The van der Waals surface area contributed by atoms with E-state index in [4.69, 9.17) is 0 Å². The molecular weight excluding hydrogens is 240 g/mol. The molecule has 0 radical (unpaired) electrons. The van der Waals surface area contributed by atoms with Crippen LogP contribution in [0, 0.1) is 5.92 Å². The van der Waals surface area contributed by atoms with Crippen LogP contribution in [0.4, 0.5) is 0 Å². The van der Waals surface area contributed by atoms with Crippen molar-refractivity contribution in [2.45, 2.75) is 57.6 Å². The van der Waals surface area contributed by atoms with Gasteiger partial charge in [-0.3, -0.25) is 4.79 Å². The summed E-state index contributed by atoms with van der Waals surface area (Å²) in [6.07, 6.45) is 4.14. The molecule has 1 unspecified atom stereocenters. The quantitative estimate of drug-likeness (QED) is 0.825. The predicted octanol–water partition coefficient (Wildman–Crippen LogP) is 1.48. The zero-order valence-corrected chi connectivity index (χ0v) is 12.6. The number of piperidine rings is 2. The van der Waals surface area contributed by atoms with Crippen molar-refractivity contribution in [3.63, 3.8) is 0 Å². The number of hydrogen-bond donors (Lipinski definition) is 1. The Kier molecular flexibility index (Phi) is 4.51. The molecule has 0 spiro atoms. The maximum Gasteiger partial charge on any atom is 0.223 e. The molecule has 2 saturated heterocycles. The molecule has 4 nitrogen and oxygen atoms in total. The first-order chi connectivity index (χ1) is 8.88. The summed E-state index contributed by atoms with van der Waals surface area (Å²) in [5, 5.41) is 9.75. The van der Waals surface area contributed by atoms with Gasteiger partial charge in [0.05, 0.1) is 6.10 Å². The highest BCUT2D eigenvalue weighted by molar-refractivity contribution is 5.77. The number of rotatable bonds is 2. The highest BCUT2D eigenvalue weighted by atomic mass is 16.3. The van der Waals surface area contributed by atoms with Crippen molar-refractivity contribution in [1.29, 1.82) is 0 Å². The molecule has 2 aliphatic heterocycles. The molecule has 2 aliphatic rings. The Labute approximate surface area is 116 Å². The van der Waals surface area contributed by atoms with Crippen LogP contribution in [0.3, 0.4) is 0 Å². The van der Waals surface area contributed by atoms with E-state index in [0.717, 1.165) is 32.4 Å². The third-order valence-electron chi connectivity index (χ3n) is 4.75. The van der Waals surface area contributed by atoms with Gasteiger partial charge in [0.1, 0.15) is 0 Å². The first-order valence-corrected chi connectivity index (χ1v) is 7.55. The van der Waals surface area contributed by atoms with Gasteiger partial charge in [0.25, 0.3) is 0 Å². The van der Waals surface area contributed by atoms with Crippen molar-refractivity contribution in [3.05, 3.63) is 0 Å². The predicted molar refractivity (Wildman–Crippen MR) is 75.9 cm³/mol. The third kappa shape index (κ3) is 3.69. The minimum absolute atomic E-state index is 0.194. The Morgan fingerprint density at radius 3 is 2.42 bits per heavy atom. The second kappa shape index (κ2) is 5.80. The Morgan fingerprint density at radius 2 is 1.84 bits per heavy atom. The first-order valence-electron chi connectivity index (χ1n) is 7.55. The number of aliphatic hydroxyl groups excluding tert-OH is 1. The van der Waals surface area contributed by atoms with Gasteiger partial charge in [-0.1, -0.05) is 0 Å². The molecule has 2 heterocycles. The summed E-state index contributed by atoms with van der Waals surface area (Å²) in [5.74, 6) is 0.831. The molecule has 4 heteroatoms. The van der Waals surface area contributed by atoms with Gasteiger partial charge in [0.2, 0.25) is 5.91 Å². The minimum atomic E-state index is -0.248. The van der Waals surface area contributed by atoms with Gasteiger partial charge in [-0.2, -0.15) is 0 Å². The molecule has 0 aromatic heterocycles. The summed E-state index contributed by atoms with van der Waals surface area (Å²) in [7, 11) is 2.15. The van der Waals surface area contributed by atoms with Crippen molar-refractivity contribution in [1.82, 2.24) is 9.80 Å². The van der Waals surface area contributed by atoms with Crippen LogP contribution in [0.1, 0.15) is 46.0 Å². The SMILES string of the molecule is CN1CCC(CC(=O)N2CCC(O)CC2(C)C)CC1. The maximum absolute atomic E-state index is 12.5. The number of amides is 1. The van der Waals surface area contributed by atoms with Crippen molar-refractivity contribution in [2.75, 3.05) is 26.7 Å². The molecule has 2 rings (SSSR count). The van der Waals surface area contributed by atoms with Crippen LogP contribution in [0.2, 0.25) is 0 Å². The Morgan fingerprint density at radius 1 is 1.21 bits per heavy atom. The first kappa shape index (κ1) is 14.8. The van der Waals surface area contributed by atoms with Gasteiger partial charge in [0, 0.05) is 18.5 Å². The molecule has 0 aliphatic carbocycles. The summed E-state index contributed by atoms with van der Waals surface area (Å²) in [6, 6.07) is 0. The maximum atomic E-state index is 12.5. The fourth-order valence-corrected chi connectivity index (χ4v) is 3.46. The molecule has 2 fully saturated rings. The number of carbonyl (C=O) groups is 1. The van der Waals surface area contributed by atoms with Crippen molar-refractivity contribution in [3.8, 4) is 0 Å². The lowest BCUT2D eigenvalue weighted by Gasteiger charge is -2.45. The van der Waals surface area contributed by atoms with Gasteiger partial charge >= 0.3 is 0 Å². The fraction of sp³-hybridized carbons (Fsp3) is 0.933. The average molecular weight is 268 g/mol. The van der Waals surface area contributed by atoms with Gasteiger partial charge in [-0.05, 0) is 65.6 Å². The highest BCUT2D eigenvalue weighted by Crippen LogP contribution is 2.30. The third-order valence-corrected chi connectivity index (χ3v) is 4.75. The second-order valence-corrected chi connectivity index (χ2v) is 6.96. The van der Waals surface area contributed by atoms with Gasteiger partial charge in [-0.15, -0.1) is 0 Å². The summed E-state index contributed by atoms with van der Waals surface area (Å²) < 4.78 is 0. The molecule has 1 amide bonds. The largest absolute Gasteiger partial charge is 0.393 e. The average Bonchev–Trinajstić information content (AvgIpc) is 2.30. The lowest BCUT2D eigenvalue weighted by molar-refractivity contribution is -0.142. The fourth-order valence-electron chi connectivity index (χ4n) is 3.46. The van der Waals surface area contributed by atoms with Crippen molar-refractivity contribution in [2.24, 2.45) is 5.92 Å². The molecule has 1 atom stereocenters. The van der Waals surface area contributed by atoms with E-state index in [1.165, 1.54) is 0 Å². The van der Waals surface area contributed by atoms with Crippen LogP contribution in [0.25, 0.3) is 0 Å². The van der Waals surface area contributed by atoms with E-state index < -0.39 is 0 Å². The van der Waals surface area contributed by atoms with Crippen LogP contribution in [-0.4, -0.2) is 59.1 Å². The minimum Gasteiger partial charge on any atom is -0.393 e. The Bertz CT molecular complexity index is 322. The van der Waals surface area contributed by atoms with E-state index in [0.29, 0.717) is 25.3 Å². The van der Waals surface area contributed by atoms with E-state index in [-0.39, 0.29) is 17.6 Å². The smallest absolute Gasteiger partial charge is 0.223 e. The van der Waals surface area contributed by atoms with E-state index in [2.05, 4.69) is 25.8 Å². The topological polar surface area (TPSA) is 43.8 Å². The standard InChI is InChI=1S/C15H28N2O2/c1-15(2)11-13(18)6-9-17(15)14(19)10-12-4-7-16(3)8-5-12/h12-13,18H,4-11H2,1-3H3. The number of nitrogens with zero attached hydrogens (tertiary/aromatic N) is 2. The van der Waals surface area contributed by atoms with Gasteiger partial charge in [-0.25, -0.2) is 0 Å². The van der Waals surface area contributed by atoms with E-state index in [1.54, 1.807) is 0 Å². The number of carbonyl (C=O) groups excluding carboxylic acids is 1. The molecule has 19 heavy (non-hydrogen) atoms. The summed E-state index contributed by atoms with van der Waals surface area (Å²) in [6.45, 7) is 7.07. The second-order valence-electron chi connectivity index (χ2n) is 6.96. The number of aliphatic hydroxyl groups is 1. The molecule has 0 bridgehead atoms. The molecule has 0 aromatic carbocycles. The number of likely N-dealkylation sites (tertiary alicyclic amines) is 2. The van der Waals surface area contributed by atoms with E-state index in [9.17, 15) is 9.90 Å². The van der Waals surface area contributed by atoms with Crippen LogP contribution in [-0.2, 0) is 4.79 Å². The normalized spacial score (nSPS) is 29.5. The van der Waals surface area contributed by atoms with Gasteiger partial charge < -0.3 is 14.9 Å². The van der Waals surface area contributed by atoms with Crippen molar-refractivity contribution < 1.29 is 9.90 Å². The van der Waals surface area contributed by atoms with Crippen LogP contribution in [0.5, 0.6) is 0 Å². The zero-order valence-electron chi connectivity index (χ0n) is 12.6. The summed E-state index contributed by atoms with van der Waals surface area (Å²) in [5.41, 5.74) is -0.194. The Balaban J connectivity index is 1.89. The summed E-state index contributed by atoms with van der Waals surface area (Å²) >= 11 is 0. The van der Waals surface area contributed by atoms with E-state index in [1.807, 2.05) is 4.90 Å². The molecule has 110 valence electrons. The Hall–Kier alpha value is -0.610. The van der Waals surface area contributed by atoms with Crippen LogP contribution < -0.4 is 0 Å². The molecule has 0 saturated carbocycles. The zero-order chi connectivity index (χ0) is 14.0. The van der Waals surface area contributed by atoms with Crippen molar-refractivity contribution >= 4 is 5.91 Å². The lowest BCUT2D eigenvalue weighted by atomic mass is 9.86. The summed E-state index contributed by atoms with van der Waals surface area (Å²) in [4.78, 5) is 16.8. The lowest BCUT2D eigenvalue weighted by Crippen LogP contribution is -2.54. The molecule has 0 aromatic rings. The molecular formula is C15H28N2O2. The molecule has 1 N–H and O–H groups in total. The van der Waals surface area contributed by atoms with E-state index >= 15 is 0 Å². The number of hydrogen-bond acceptors (Lipinski definition) is 3.